The first-order valence-electron chi connectivity index (χ1n) is 7.01. The lowest BCUT2D eigenvalue weighted by Crippen LogP contribution is -2.14. The predicted octanol–water partition coefficient (Wildman–Crippen LogP) is 3.71. The minimum absolute atomic E-state index is 0.118. The first-order chi connectivity index (χ1) is 10.9. The summed E-state index contributed by atoms with van der Waals surface area (Å²) in [7, 11) is 0. The van der Waals surface area contributed by atoms with Gasteiger partial charge in [0.05, 0.1) is 11.4 Å². The van der Waals surface area contributed by atoms with Crippen LogP contribution in [0.2, 0.25) is 0 Å². The van der Waals surface area contributed by atoms with E-state index in [0.29, 0.717) is 5.88 Å². The van der Waals surface area contributed by atoms with Crippen molar-refractivity contribution in [2.45, 2.75) is 31.2 Å². The van der Waals surface area contributed by atoms with Gasteiger partial charge in [-0.25, -0.2) is 9.97 Å². The standard InChI is InChI=1S/C15H16N4O2S2/c1-15(2,3)10-6-12(21-19-10)18-11(20)7-23-14-9-4-5-22-13(9)16-8-17-14/h4-6,8H,7H2,1-3H3,(H,18,20). The van der Waals surface area contributed by atoms with E-state index < -0.39 is 0 Å². The number of hydrogen-bond donors (Lipinski definition) is 1. The van der Waals surface area contributed by atoms with Gasteiger partial charge >= 0.3 is 0 Å². The third-order valence-electron chi connectivity index (χ3n) is 3.11. The Labute approximate surface area is 141 Å². The number of hydrogen-bond acceptors (Lipinski definition) is 7. The number of aromatic nitrogens is 3. The first-order valence-corrected chi connectivity index (χ1v) is 8.88. The Morgan fingerprint density at radius 3 is 2.96 bits per heavy atom. The molecule has 1 amide bonds. The fraction of sp³-hybridized carbons (Fsp3) is 0.333. The van der Waals surface area contributed by atoms with Crippen LogP contribution in [0.25, 0.3) is 10.2 Å². The minimum atomic E-state index is -0.159. The van der Waals surface area contributed by atoms with Crippen LogP contribution in [-0.2, 0) is 10.2 Å². The van der Waals surface area contributed by atoms with Crippen molar-refractivity contribution >= 4 is 45.1 Å². The van der Waals surface area contributed by atoms with Crippen molar-refractivity contribution in [2.24, 2.45) is 0 Å². The molecule has 3 rings (SSSR count). The van der Waals surface area contributed by atoms with Gasteiger partial charge in [0.25, 0.3) is 0 Å². The van der Waals surface area contributed by atoms with Crippen LogP contribution in [0.15, 0.2) is 33.4 Å². The number of nitrogens with one attached hydrogen (secondary N) is 1. The maximum atomic E-state index is 12.1. The summed E-state index contributed by atoms with van der Waals surface area (Å²) in [4.78, 5) is 21.4. The number of anilines is 1. The number of fused-ring (bicyclic) bond motifs is 1. The molecule has 0 unspecified atom stereocenters. The fourth-order valence-electron chi connectivity index (χ4n) is 1.88. The fourth-order valence-corrected chi connectivity index (χ4v) is 3.46. The number of thioether (sulfide) groups is 1. The van der Waals surface area contributed by atoms with Crippen molar-refractivity contribution in [2.75, 3.05) is 11.1 Å². The van der Waals surface area contributed by atoms with E-state index in [0.717, 1.165) is 20.9 Å². The number of amides is 1. The molecule has 120 valence electrons. The molecule has 3 aromatic rings. The summed E-state index contributed by atoms with van der Waals surface area (Å²) in [5.74, 6) is 0.450. The molecule has 3 aromatic heterocycles. The Hall–Kier alpha value is -1.93. The van der Waals surface area contributed by atoms with E-state index in [9.17, 15) is 4.79 Å². The lowest BCUT2D eigenvalue weighted by atomic mass is 9.92. The zero-order valence-corrected chi connectivity index (χ0v) is 14.6. The molecule has 0 atom stereocenters. The molecule has 8 heteroatoms. The van der Waals surface area contributed by atoms with Crippen LogP contribution in [0.4, 0.5) is 5.88 Å². The Kier molecular flexibility index (Phi) is 4.36. The summed E-state index contributed by atoms with van der Waals surface area (Å²) < 4.78 is 5.16. The van der Waals surface area contributed by atoms with E-state index in [1.807, 2.05) is 32.2 Å². The van der Waals surface area contributed by atoms with Crippen LogP contribution >= 0.6 is 23.1 Å². The molecule has 1 N–H and O–H groups in total. The van der Waals surface area contributed by atoms with Crippen molar-refractivity contribution in [1.82, 2.24) is 15.1 Å². The van der Waals surface area contributed by atoms with Crippen molar-refractivity contribution < 1.29 is 9.32 Å². The average molecular weight is 348 g/mol. The number of nitrogens with zero attached hydrogens (tertiary/aromatic N) is 3. The molecule has 23 heavy (non-hydrogen) atoms. The van der Waals surface area contributed by atoms with Gasteiger partial charge in [0.15, 0.2) is 0 Å². The smallest absolute Gasteiger partial charge is 0.237 e. The molecule has 6 nitrogen and oxygen atoms in total. The number of thiophene rings is 1. The molecule has 0 aliphatic rings. The maximum Gasteiger partial charge on any atom is 0.237 e. The van der Waals surface area contributed by atoms with Gasteiger partial charge in [-0.3, -0.25) is 10.1 Å². The van der Waals surface area contributed by atoms with E-state index in [1.54, 1.807) is 17.4 Å². The molecule has 0 fully saturated rings. The van der Waals surface area contributed by atoms with Crippen LogP contribution < -0.4 is 5.32 Å². The summed E-state index contributed by atoms with van der Waals surface area (Å²) >= 11 is 2.93. The van der Waals surface area contributed by atoms with Crippen LogP contribution in [-0.4, -0.2) is 26.8 Å². The van der Waals surface area contributed by atoms with Crippen LogP contribution in [0, 0.1) is 0 Å². The highest BCUT2D eigenvalue weighted by Crippen LogP contribution is 2.28. The van der Waals surface area contributed by atoms with E-state index in [1.165, 1.54) is 18.1 Å². The second-order valence-electron chi connectivity index (χ2n) is 5.98. The zero-order chi connectivity index (χ0) is 16.4. The molecule has 0 aliphatic heterocycles. The molecule has 0 bridgehead atoms. The minimum Gasteiger partial charge on any atom is -0.338 e. The SMILES string of the molecule is CC(C)(C)c1cc(NC(=O)CSc2ncnc3sccc23)on1. The highest BCUT2D eigenvalue weighted by molar-refractivity contribution is 8.00. The van der Waals surface area contributed by atoms with Gasteiger partial charge in [0.1, 0.15) is 16.2 Å². The average Bonchev–Trinajstić information content (AvgIpc) is 3.13. The number of carbonyl (C=O) groups excluding carboxylic acids is 1. The summed E-state index contributed by atoms with van der Waals surface area (Å²) in [6.45, 7) is 6.11. The van der Waals surface area contributed by atoms with Crippen molar-refractivity contribution in [3.8, 4) is 0 Å². The molecule has 0 aliphatic carbocycles. The molecule has 0 saturated heterocycles. The van der Waals surface area contributed by atoms with Crippen molar-refractivity contribution in [3.05, 3.63) is 29.5 Å². The third-order valence-corrected chi connectivity index (χ3v) is 4.93. The first kappa shape index (κ1) is 15.9. The van der Waals surface area contributed by atoms with E-state index >= 15 is 0 Å². The highest BCUT2D eigenvalue weighted by atomic mass is 32.2. The van der Waals surface area contributed by atoms with E-state index in [-0.39, 0.29) is 17.1 Å². The lowest BCUT2D eigenvalue weighted by Gasteiger charge is -2.12. The second-order valence-corrected chi connectivity index (χ2v) is 7.84. The van der Waals surface area contributed by atoms with Crippen molar-refractivity contribution in [3.63, 3.8) is 0 Å². The Morgan fingerprint density at radius 2 is 2.22 bits per heavy atom. The van der Waals surface area contributed by atoms with Crippen molar-refractivity contribution in [1.29, 1.82) is 0 Å². The van der Waals surface area contributed by atoms with Crippen LogP contribution in [0.1, 0.15) is 26.5 Å². The van der Waals surface area contributed by atoms with Gasteiger partial charge < -0.3 is 4.52 Å². The lowest BCUT2D eigenvalue weighted by molar-refractivity contribution is -0.113. The van der Waals surface area contributed by atoms with E-state index in [4.69, 9.17) is 4.52 Å². The summed E-state index contributed by atoms with van der Waals surface area (Å²) in [6, 6.07) is 3.72. The molecule has 0 saturated carbocycles. The Bertz CT molecular complexity index is 835. The quantitative estimate of drug-likeness (QED) is 0.572. The zero-order valence-electron chi connectivity index (χ0n) is 13.0. The number of carbonyl (C=O) groups is 1. The van der Waals surface area contributed by atoms with Gasteiger partial charge in [-0.2, -0.15) is 0 Å². The topological polar surface area (TPSA) is 80.9 Å². The molecule has 3 heterocycles. The molecule has 0 spiro atoms. The molecular formula is C15H16N4O2S2. The van der Waals surface area contributed by atoms with Gasteiger partial charge in [-0.15, -0.1) is 11.3 Å². The second kappa shape index (κ2) is 6.29. The normalized spacial score (nSPS) is 11.8. The van der Waals surface area contributed by atoms with Gasteiger partial charge in [0.2, 0.25) is 11.8 Å². The van der Waals surface area contributed by atoms with Crippen LogP contribution in [0.3, 0.4) is 0 Å². The van der Waals surface area contributed by atoms with Gasteiger partial charge in [-0.05, 0) is 11.4 Å². The van der Waals surface area contributed by atoms with Gasteiger partial charge in [-0.1, -0.05) is 37.7 Å². The Balaban J connectivity index is 1.62. The number of rotatable bonds is 4. The largest absolute Gasteiger partial charge is 0.338 e. The molecule has 0 aromatic carbocycles. The monoisotopic (exact) mass is 348 g/mol. The highest BCUT2D eigenvalue weighted by Gasteiger charge is 2.19. The predicted molar refractivity (Wildman–Crippen MR) is 92.0 cm³/mol. The molecular weight excluding hydrogens is 332 g/mol. The van der Waals surface area contributed by atoms with Gasteiger partial charge in [0, 0.05) is 16.9 Å². The summed E-state index contributed by atoms with van der Waals surface area (Å²) in [5, 5.41) is 10.4. The maximum absolute atomic E-state index is 12.1. The third kappa shape index (κ3) is 3.70. The molecule has 0 radical (unpaired) electrons. The van der Waals surface area contributed by atoms with Crippen LogP contribution in [0.5, 0.6) is 0 Å². The summed E-state index contributed by atoms with van der Waals surface area (Å²) in [6.07, 6.45) is 1.52. The summed E-state index contributed by atoms with van der Waals surface area (Å²) in [5.41, 5.74) is 0.684. The Morgan fingerprint density at radius 1 is 1.39 bits per heavy atom. The van der Waals surface area contributed by atoms with E-state index in [2.05, 4.69) is 20.4 Å².